The topological polar surface area (TPSA) is 64.3 Å². The lowest BCUT2D eigenvalue weighted by molar-refractivity contribution is -0.123. The Morgan fingerprint density at radius 2 is 2.12 bits per heavy atom. The average molecular weight is 373 g/mol. The zero-order valence-electron chi connectivity index (χ0n) is 15.5. The van der Waals surface area contributed by atoms with E-state index in [0.717, 1.165) is 30.8 Å². The van der Waals surface area contributed by atoms with E-state index in [1.54, 1.807) is 11.3 Å². The second-order valence-electron chi connectivity index (χ2n) is 7.15. The molecular weight excluding hydrogens is 344 g/mol. The van der Waals surface area contributed by atoms with Gasteiger partial charge < -0.3 is 15.8 Å². The fourth-order valence-electron chi connectivity index (χ4n) is 3.01. The van der Waals surface area contributed by atoms with Gasteiger partial charge in [0.2, 0.25) is 5.91 Å². The van der Waals surface area contributed by atoms with Crippen LogP contribution in [0.5, 0.6) is 5.75 Å². The van der Waals surface area contributed by atoms with Crippen LogP contribution in [0.25, 0.3) is 0 Å². The number of ether oxygens (including phenoxy) is 1. The normalized spacial score (nSPS) is 21.0. The van der Waals surface area contributed by atoms with E-state index in [-0.39, 0.29) is 17.9 Å². The SMILES string of the molecule is CCC(C)COc1ccc(C(CN)NC(=O)C2CC2c2cccs2)cc1. The second-order valence-corrected chi connectivity index (χ2v) is 8.13. The van der Waals surface area contributed by atoms with Crippen molar-refractivity contribution in [3.8, 4) is 5.75 Å². The Morgan fingerprint density at radius 1 is 1.35 bits per heavy atom. The molecule has 1 saturated carbocycles. The molecule has 0 bridgehead atoms. The van der Waals surface area contributed by atoms with Gasteiger partial charge in [0.15, 0.2) is 0 Å². The predicted octanol–water partition coefficient (Wildman–Crippen LogP) is 4.09. The smallest absolute Gasteiger partial charge is 0.224 e. The van der Waals surface area contributed by atoms with Gasteiger partial charge in [0.1, 0.15) is 5.75 Å². The monoisotopic (exact) mass is 372 g/mol. The standard InChI is InChI=1S/C21H28N2O2S/c1-3-14(2)13-25-16-8-6-15(7-9-16)19(12-22)23-21(24)18-11-17(18)20-5-4-10-26-20/h4-10,14,17-19H,3,11-13,22H2,1-2H3,(H,23,24). The summed E-state index contributed by atoms with van der Waals surface area (Å²) in [5.41, 5.74) is 6.93. The van der Waals surface area contributed by atoms with E-state index in [1.165, 1.54) is 4.88 Å². The quantitative estimate of drug-likeness (QED) is 0.697. The van der Waals surface area contributed by atoms with E-state index in [0.29, 0.717) is 18.4 Å². The Hall–Kier alpha value is -1.85. The Morgan fingerprint density at radius 3 is 2.73 bits per heavy atom. The van der Waals surface area contributed by atoms with Crippen molar-refractivity contribution in [2.75, 3.05) is 13.2 Å². The summed E-state index contributed by atoms with van der Waals surface area (Å²) in [6, 6.07) is 11.9. The summed E-state index contributed by atoms with van der Waals surface area (Å²) in [6.07, 6.45) is 2.04. The molecular formula is C21H28N2O2S. The third-order valence-electron chi connectivity index (χ3n) is 5.10. The lowest BCUT2D eigenvalue weighted by atomic mass is 10.1. The maximum absolute atomic E-state index is 12.5. The van der Waals surface area contributed by atoms with Crippen molar-refractivity contribution < 1.29 is 9.53 Å². The van der Waals surface area contributed by atoms with Crippen LogP contribution in [0, 0.1) is 11.8 Å². The molecule has 2 aromatic rings. The highest BCUT2D eigenvalue weighted by molar-refractivity contribution is 7.10. The highest BCUT2D eigenvalue weighted by Gasteiger charge is 2.44. The molecule has 0 aliphatic heterocycles. The summed E-state index contributed by atoms with van der Waals surface area (Å²) in [5.74, 6) is 1.97. The molecule has 1 aliphatic rings. The van der Waals surface area contributed by atoms with Gasteiger partial charge in [-0.3, -0.25) is 4.79 Å². The van der Waals surface area contributed by atoms with Crippen LogP contribution in [0.3, 0.4) is 0 Å². The average Bonchev–Trinajstić information content (AvgIpc) is 3.29. The van der Waals surface area contributed by atoms with Gasteiger partial charge >= 0.3 is 0 Å². The lowest BCUT2D eigenvalue weighted by Gasteiger charge is -2.18. The highest BCUT2D eigenvalue weighted by atomic mass is 32.1. The first-order valence-corrected chi connectivity index (χ1v) is 10.3. The molecule has 3 rings (SSSR count). The van der Waals surface area contributed by atoms with Gasteiger partial charge in [-0.05, 0) is 41.5 Å². The van der Waals surface area contributed by atoms with Crippen LogP contribution >= 0.6 is 11.3 Å². The summed E-state index contributed by atoms with van der Waals surface area (Å²) < 4.78 is 5.79. The predicted molar refractivity (Wildman–Crippen MR) is 106 cm³/mol. The van der Waals surface area contributed by atoms with Gasteiger partial charge in [-0.25, -0.2) is 0 Å². The Labute approximate surface area is 159 Å². The van der Waals surface area contributed by atoms with Crippen LogP contribution < -0.4 is 15.8 Å². The second kappa shape index (κ2) is 8.69. The molecule has 1 aromatic heterocycles. The molecule has 3 N–H and O–H groups in total. The van der Waals surface area contributed by atoms with Crippen LogP contribution in [-0.2, 0) is 4.79 Å². The van der Waals surface area contributed by atoms with E-state index in [4.69, 9.17) is 10.5 Å². The van der Waals surface area contributed by atoms with Crippen molar-refractivity contribution >= 4 is 17.2 Å². The van der Waals surface area contributed by atoms with Crippen LogP contribution in [0.15, 0.2) is 41.8 Å². The molecule has 5 heteroatoms. The van der Waals surface area contributed by atoms with E-state index in [1.807, 2.05) is 30.3 Å². The van der Waals surface area contributed by atoms with E-state index < -0.39 is 0 Å². The number of rotatable bonds is 9. The minimum absolute atomic E-state index is 0.0841. The largest absolute Gasteiger partial charge is 0.493 e. The first kappa shape index (κ1) is 18.9. The number of carbonyl (C=O) groups excluding carboxylic acids is 1. The first-order valence-electron chi connectivity index (χ1n) is 9.39. The molecule has 4 nitrogen and oxygen atoms in total. The maximum Gasteiger partial charge on any atom is 0.224 e. The highest BCUT2D eigenvalue weighted by Crippen LogP contribution is 2.49. The lowest BCUT2D eigenvalue weighted by Crippen LogP contribution is -2.34. The number of nitrogens with one attached hydrogen (secondary N) is 1. The summed E-state index contributed by atoms with van der Waals surface area (Å²) in [7, 11) is 0. The molecule has 0 radical (unpaired) electrons. The third-order valence-corrected chi connectivity index (χ3v) is 6.11. The van der Waals surface area contributed by atoms with Crippen molar-refractivity contribution in [2.24, 2.45) is 17.6 Å². The summed E-state index contributed by atoms with van der Waals surface area (Å²) >= 11 is 1.73. The molecule has 0 spiro atoms. The molecule has 4 unspecified atom stereocenters. The summed E-state index contributed by atoms with van der Waals surface area (Å²) in [6.45, 7) is 5.44. The summed E-state index contributed by atoms with van der Waals surface area (Å²) in [4.78, 5) is 13.8. The van der Waals surface area contributed by atoms with Crippen molar-refractivity contribution in [3.63, 3.8) is 0 Å². The number of benzene rings is 1. The first-order chi connectivity index (χ1) is 12.6. The molecule has 26 heavy (non-hydrogen) atoms. The van der Waals surface area contributed by atoms with Gasteiger partial charge in [0.05, 0.1) is 12.6 Å². The minimum Gasteiger partial charge on any atom is -0.493 e. The zero-order chi connectivity index (χ0) is 18.5. The number of thiophene rings is 1. The van der Waals surface area contributed by atoms with Gasteiger partial charge in [0, 0.05) is 23.3 Å². The fourth-order valence-corrected chi connectivity index (χ4v) is 3.92. The molecule has 1 fully saturated rings. The van der Waals surface area contributed by atoms with E-state index in [2.05, 4.69) is 30.6 Å². The maximum atomic E-state index is 12.5. The van der Waals surface area contributed by atoms with E-state index >= 15 is 0 Å². The molecule has 1 amide bonds. The molecule has 1 aliphatic carbocycles. The van der Waals surface area contributed by atoms with Crippen LogP contribution in [0.1, 0.15) is 49.1 Å². The van der Waals surface area contributed by atoms with Crippen molar-refractivity contribution in [1.29, 1.82) is 0 Å². The van der Waals surface area contributed by atoms with Crippen molar-refractivity contribution in [3.05, 3.63) is 52.2 Å². The minimum atomic E-state index is -0.157. The number of carbonyl (C=O) groups is 1. The molecule has 140 valence electrons. The number of hydrogen-bond donors (Lipinski definition) is 2. The molecule has 0 saturated heterocycles. The Kier molecular flexibility index (Phi) is 6.33. The Balaban J connectivity index is 1.54. The van der Waals surface area contributed by atoms with Crippen molar-refractivity contribution in [1.82, 2.24) is 5.32 Å². The number of hydrogen-bond acceptors (Lipinski definition) is 4. The van der Waals surface area contributed by atoms with E-state index in [9.17, 15) is 4.79 Å². The molecule has 4 atom stereocenters. The summed E-state index contributed by atoms with van der Waals surface area (Å²) in [5, 5.41) is 5.18. The van der Waals surface area contributed by atoms with Gasteiger partial charge in [-0.2, -0.15) is 0 Å². The van der Waals surface area contributed by atoms with Gasteiger partial charge in [0.25, 0.3) is 0 Å². The van der Waals surface area contributed by atoms with Crippen LogP contribution in [0.2, 0.25) is 0 Å². The van der Waals surface area contributed by atoms with Gasteiger partial charge in [-0.15, -0.1) is 11.3 Å². The zero-order valence-corrected chi connectivity index (χ0v) is 16.3. The fraction of sp³-hybridized carbons (Fsp3) is 0.476. The third kappa shape index (κ3) is 4.65. The molecule has 1 heterocycles. The van der Waals surface area contributed by atoms with Crippen molar-refractivity contribution in [2.45, 2.75) is 38.6 Å². The number of amides is 1. The van der Waals surface area contributed by atoms with Crippen LogP contribution in [0.4, 0.5) is 0 Å². The number of nitrogens with two attached hydrogens (primary N) is 1. The van der Waals surface area contributed by atoms with Gasteiger partial charge in [-0.1, -0.05) is 38.5 Å². The Bertz CT molecular complexity index is 699. The van der Waals surface area contributed by atoms with Crippen LogP contribution in [-0.4, -0.2) is 19.1 Å². The molecule has 1 aromatic carbocycles.